The van der Waals surface area contributed by atoms with Crippen molar-refractivity contribution in [2.45, 2.75) is 38.0 Å². The van der Waals surface area contributed by atoms with Gasteiger partial charge in [-0.2, -0.15) is 0 Å². The Kier molecular flexibility index (Phi) is 4.65. The molecule has 6 rings (SSSR count). The van der Waals surface area contributed by atoms with Crippen LogP contribution in [0, 0.1) is 0 Å². The van der Waals surface area contributed by atoms with Crippen molar-refractivity contribution in [3.63, 3.8) is 0 Å². The van der Waals surface area contributed by atoms with Crippen LogP contribution in [0.1, 0.15) is 40.6 Å². The second-order valence-electron chi connectivity index (χ2n) is 9.36. The number of amides is 3. The molecule has 0 aliphatic carbocycles. The van der Waals surface area contributed by atoms with E-state index in [1.807, 2.05) is 54.4 Å². The van der Waals surface area contributed by atoms with Crippen molar-refractivity contribution in [1.82, 2.24) is 14.4 Å². The van der Waals surface area contributed by atoms with Crippen LogP contribution in [0.15, 0.2) is 48.5 Å². The lowest BCUT2D eigenvalue weighted by atomic mass is 9.96. The van der Waals surface area contributed by atoms with Crippen molar-refractivity contribution in [3.8, 4) is 0 Å². The van der Waals surface area contributed by atoms with Crippen molar-refractivity contribution in [3.05, 3.63) is 65.4 Å². The van der Waals surface area contributed by atoms with Crippen LogP contribution in [-0.2, 0) is 22.6 Å². The minimum atomic E-state index is -0.549. The third-order valence-corrected chi connectivity index (χ3v) is 7.60. The lowest BCUT2D eigenvalue weighted by Gasteiger charge is -2.46. The predicted molar refractivity (Wildman–Crippen MR) is 128 cm³/mol. The number of aromatic nitrogens is 1. The molecule has 8 nitrogen and oxygen atoms in total. The Morgan fingerprint density at radius 1 is 1.06 bits per heavy atom. The van der Waals surface area contributed by atoms with Gasteiger partial charge in [-0.05, 0) is 43.0 Å². The van der Waals surface area contributed by atoms with Crippen LogP contribution in [0.4, 0.5) is 5.69 Å². The van der Waals surface area contributed by atoms with Crippen molar-refractivity contribution in [2.75, 3.05) is 25.0 Å². The van der Waals surface area contributed by atoms with Gasteiger partial charge in [-0.1, -0.05) is 30.3 Å². The normalized spacial score (nSPS) is 21.4. The molecule has 0 radical (unpaired) electrons. The summed E-state index contributed by atoms with van der Waals surface area (Å²) < 4.78 is 2.05. The average molecular weight is 458 g/mol. The number of hydrogen-bond donors (Lipinski definition) is 1. The van der Waals surface area contributed by atoms with Crippen LogP contribution >= 0.6 is 0 Å². The van der Waals surface area contributed by atoms with E-state index in [-0.39, 0.29) is 24.5 Å². The number of benzene rings is 2. The van der Waals surface area contributed by atoms with Gasteiger partial charge in [0.25, 0.3) is 5.91 Å². The van der Waals surface area contributed by atoms with E-state index in [1.165, 1.54) is 5.56 Å². The molecule has 3 aliphatic rings. The van der Waals surface area contributed by atoms with Crippen molar-refractivity contribution in [1.29, 1.82) is 0 Å². The van der Waals surface area contributed by atoms with Crippen LogP contribution in [0.3, 0.4) is 0 Å². The summed E-state index contributed by atoms with van der Waals surface area (Å²) in [7, 11) is 2.01. The first-order valence-electron chi connectivity index (χ1n) is 11.8. The largest absolute Gasteiger partial charge is 0.368 e. The number of carbonyl (C=O) groups is 3. The van der Waals surface area contributed by atoms with Crippen molar-refractivity contribution >= 4 is 34.3 Å². The number of anilines is 1. The molecular weight excluding hydrogens is 430 g/mol. The summed E-state index contributed by atoms with van der Waals surface area (Å²) in [5, 5.41) is 1.11. The van der Waals surface area contributed by atoms with Gasteiger partial charge in [0, 0.05) is 31.0 Å². The SMILES string of the molecule is CN1c2ccccc2C(=O)N2CCc3c(n(CC(=O)N4CCC[C@@H]4C(N)=O)c4ccccc34)C21. The number of para-hydroxylation sites is 2. The molecule has 2 atom stereocenters. The topological polar surface area (TPSA) is 91.9 Å². The van der Waals surface area contributed by atoms with Gasteiger partial charge in [-0.3, -0.25) is 14.4 Å². The molecule has 0 bridgehead atoms. The molecule has 2 aromatic carbocycles. The fourth-order valence-electron chi connectivity index (χ4n) is 6.07. The lowest BCUT2D eigenvalue weighted by molar-refractivity contribution is -0.137. The maximum Gasteiger partial charge on any atom is 0.257 e. The highest BCUT2D eigenvalue weighted by Crippen LogP contribution is 2.44. The molecule has 174 valence electrons. The van der Waals surface area contributed by atoms with Gasteiger partial charge in [-0.15, -0.1) is 0 Å². The number of likely N-dealkylation sites (tertiary alicyclic amines) is 1. The maximum atomic E-state index is 13.5. The van der Waals surface area contributed by atoms with Crippen molar-refractivity contribution < 1.29 is 14.4 Å². The second-order valence-corrected chi connectivity index (χ2v) is 9.36. The van der Waals surface area contributed by atoms with E-state index in [0.717, 1.165) is 35.1 Å². The minimum Gasteiger partial charge on any atom is -0.368 e. The van der Waals surface area contributed by atoms with Crippen LogP contribution in [0.2, 0.25) is 0 Å². The smallest absolute Gasteiger partial charge is 0.257 e. The van der Waals surface area contributed by atoms with Gasteiger partial charge < -0.3 is 25.0 Å². The fourth-order valence-corrected chi connectivity index (χ4v) is 6.07. The average Bonchev–Trinajstić information content (AvgIpc) is 3.46. The van der Waals surface area contributed by atoms with E-state index in [1.54, 1.807) is 4.90 Å². The van der Waals surface area contributed by atoms with Gasteiger partial charge >= 0.3 is 0 Å². The Morgan fingerprint density at radius 3 is 2.65 bits per heavy atom. The molecule has 1 fully saturated rings. The van der Waals surface area contributed by atoms with E-state index < -0.39 is 11.9 Å². The van der Waals surface area contributed by atoms with Crippen LogP contribution in [0.5, 0.6) is 0 Å². The summed E-state index contributed by atoms with van der Waals surface area (Å²) >= 11 is 0. The Labute approximate surface area is 197 Å². The number of nitrogens with two attached hydrogens (primary N) is 1. The predicted octanol–water partition coefficient (Wildman–Crippen LogP) is 2.26. The summed E-state index contributed by atoms with van der Waals surface area (Å²) in [6, 6.07) is 15.2. The Bertz CT molecular complexity index is 1350. The number of rotatable bonds is 3. The first-order valence-corrected chi connectivity index (χ1v) is 11.8. The molecular formula is C26H27N5O3. The molecule has 1 unspecified atom stereocenters. The Morgan fingerprint density at radius 2 is 1.82 bits per heavy atom. The van der Waals surface area contributed by atoms with Gasteiger partial charge in [0.2, 0.25) is 11.8 Å². The van der Waals surface area contributed by atoms with Gasteiger partial charge in [-0.25, -0.2) is 0 Å². The number of nitrogens with zero attached hydrogens (tertiary/aromatic N) is 4. The highest BCUT2D eigenvalue weighted by molar-refractivity contribution is 6.02. The minimum absolute atomic E-state index is 0.0146. The summed E-state index contributed by atoms with van der Waals surface area (Å²) in [4.78, 5) is 44.5. The Hall–Kier alpha value is -3.81. The van der Waals surface area contributed by atoms with Crippen molar-refractivity contribution in [2.24, 2.45) is 5.73 Å². The first kappa shape index (κ1) is 20.8. The molecule has 3 aromatic rings. The second kappa shape index (κ2) is 7.62. The van der Waals surface area contributed by atoms with Crippen LogP contribution in [-0.4, -0.2) is 58.3 Å². The van der Waals surface area contributed by atoms with Gasteiger partial charge in [0.1, 0.15) is 18.8 Å². The number of primary amides is 1. The standard InChI is InChI=1S/C26H27N5O3/c1-28-19-9-4-3-8-18(19)26(34)30-14-12-17-16-7-2-5-10-20(16)31(23(17)25(28)30)15-22(32)29-13-6-11-21(29)24(27)33/h2-5,7-10,21,25H,6,11-15H2,1H3,(H2,27,33)/t21-,25?/m1/s1. The number of hydrogen-bond acceptors (Lipinski definition) is 4. The molecule has 3 amide bonds. The quantitative estimate of drug-likeness (QED) is 0.653. The third-order valence-electron chi connectivity index (χ3n) is 7.60. The van der Waals surface area contributed by atoms with Gasteiger partial charge in [0.05, 0.1) is 16.9 Å². The van der Waals surface area contributed by atoms with Crippen LogP contribution < -0.4 is 10.6 Å². The highest BCUT2D eigenvalue weighted by Gasteiger charge is 2.43. The van der Waals surface area contributed by atoms with E-state index in [4.69, 9.17) is 5.73 Å². The Balaban J connectivity index is 1.49. The van der Waals surface area contributed by atoms with E-state index in [2.05, 4.69) is 15.5 Å². The summed E-state index contributed by atoms with van der Waals surface area (Å²) in [6.07, 6.45) is 1.80. The molecule has 34 heavy (non-hydrogen) atoms. The zero-order chi connectivity index (χ0) is 23.6. The molecule has 0 spiro atoms. The summed E-state index contributed by atoms with van der Waals surface area (Å²) in [5.74, 6) is -0.557. The van der Waals surface area contributed by atoms with Crippen LogP contribution in [0.25, 0.3) is 10.9 Å². The highest BCUT2D eigenvalue weighted by atomic mass is 16.2. The van der Waals surface area contributed by atoms with E-state index in [0.29, 0.717) is 25.1 Å². The molecule has 8 heteroatoms. The maximum absolute atomic E-state index is 13.5. The lowest BCUT2D eigenvalue weighted by Crippen LogP contribution is -2.52. The number of fused-ring (bicyclic) bond motifs is 6. The zero-order valence-electron chi connectivity index (χ0n) is 19.1. The molecule has 1 saturated heterocycles. The third kappa shape index (κ3) is 2.87. The molecule has 3 aliphatic heterocycles. The fraction of sp³-hybridized carbons (Fsp3) is 0.346. The first-order chi connectivity index (χ1) is 16.5. The molecule has 0 saturated carbocycles. The molecule has 4 heterocycles. The monoisotopic (exact) mass is 457 g/mol. The molecule has 1 aromatic heterocycles. The molecule has 2 N–H and O–H groups in total. The summed E-state index contributed by atoms with van der Waals surface area (Å²) in [6.45, 7) is 1.26. The van der Waals surface area contributed by atoms with Gasteiger partial charge in [0.15, 0.2) is 0 Å². The zero-order valence-corrected chi connectivity index (χ0v) is 19.1. The number of carbonyl (C=O) groups excluding carboxylic acids is 3. The van der Waals surface area contributed by atoms with E-state index in [9.17, 15) is 14.4 Å². The van der Waals surface area contributed by atoms with E-state index >= 15 is 0 Å². The summed E-state index contributed by atoms with van der Waals surface area (Å²) in [5.41, 5.74) is 10.3.